The van der Waals surface area contributed by atoms with E-state index in [-0.39, 0.29) is 28.2 Å². The normalized spacial score (nSPS) is 23.5. The summed E-state index contributed by atoms with van der Waals surface area (Å²) >= 11 is 0. The summed E-state index contributed by atoms with van der Waals surface area (Å²) in [6, 6.07) is 2.98. The van der Waals surface area contributed by atoms with Gasteiger partial charge in [0.15, 0.2) is 28.8 Å². The molecule has 46 heavy (non-hydrogen) atoms. The van der Waals surface area contributed by atoms with E-state index in [9.17, 15) is 60.0 Å². The molecule has 3 aromatic carbocycles. The van der Waals surface area contributed by atoms with Crippen LogP contribution in [0, 0.1) is 6.92 Å². The Morgan fingerprint density at radius 1 is 0.630 bits per heavy atom. The number of carbonyl (C=O) groups excluding carboxylic acids is 4. The monoisotopic (exact) mass is 634 g/mol. The Bertz CT molecular complexity index is 2020. The lowest BCUT2D eigenvalue weighted by molar-refractivity contribution is -0.158. The van der Waals surface area contributed by atoms with Crippen LogP contribution < -0.4 is 9.47 Å². The summed E-state index contributed by atoms with van der Waals surface area (Å²) in [5.41, 5.74) is -8.48. The van der Waals surface area contributed by atoms with Gasteiger partial charge in [-0.3, -0.25) is 19.2 Å². The molecule has 0 saturated heterocycles. The summed E-state index contributed by atoms with van der Waals surface area (Å²) in [5.74, 6) is -8.36. The van der Waals surface area contributed by atoms with Crippen LogP contribution in [0.5, 0.6) is 34.5 Å². The summed E-state index contributed by atoms with van der Waals surface area (Å²) in [6.07, 6.45) is -6.51. The Morgan fingerprint density at radius 2 is 1.11 bits per heavy atom. The third kappa shape index (κ3) is 3.66. The summed E-state index contributed by atoms with van der Waals surface area (Å²) in [6.45, 7) is 2.29. The van der Waals surface area contributed by atoms with Crippen LogP contribution >= 0.6 is 0 Å². The van der Waals surface area contributed by atoms with Gasteiger partial charge in [-0.05, 0) is 25.5 Å². The van der Waals surface area contributed by atoms with Crippen LogP contribution in [-0.4, -0.2) is 102 Å². The van der Waals surface area contributed by atoms with Crippen molar-refractivity contribution >= 4 is 23.1 Å². The summed E-state index contributed by atoms with van der Waals surface area (Å²) < 4.78 is 10.9. The van der Waals surface area contributed by atoms with Gasteiger partial charge in [0.2, 0.25) is 5.78 Å². The van der Waals surface area contributed by atoms with E-state index in [4.69, 9.17) is 9.47 Å². The first-order valence-electron chi connectivity index (χ1n) is 13.7. The molecule has 0 saturated carbocycles. The minimum absolute atomic E-state index is 0.0217. The number of Topliss-reactive ketones (excluding diaryl/α,β-unsaturated/α-hetero) is 2. The number of hydrogen-bond donors (Lipinski definition) is 8. The molecule has 8 N–H and O–H groups in total. The van der Waals surface area contributed by atoms with Crippen LogP contribution in [-0.2, 0) is 0 Å². The molecule has 3 aliphatic rings. The molecule has 0 aliphatic heterocycles. The zero-order chi connectivity index (χ0) is 33.9. The van der Waals surface area contributed by atoms with Gasteiger partial charge >= 0.3 is 0 Å². The Labute approximate surface area is 258 Å². The molecule has 14 heteroatoms. The zero-order valence-electron chi connectivity index (χ0n) is 24.5. The molecular formula is C32H26O14. The maximum absolute atomic E-state index is 14.3. The number of aryl methyl sites for hydroxylation is 1. The smallest absolute Gasteiger partial charge is 0.202 e. The molecule has 0 heterocycles. The number of fused-ring (bicyclic) bond motifs is 3. The van der Waals surface area contributed by atoms with Gasteiger partial charge in [0, 0.05) is 51.1 Å². The first-order valence-corrected chi connectivity index (χ1v) is 13.7. The van der Waals surface area contributed by atoms with Gasteiger partial charge in [-0.25, -0.2) is 0 Å². The quantitative estimate of drug-likeness (QED) is 0.145. The molecule has 14 nitrogen and oxygen atoms in total. The number of aliphatic hydroxyl groups is 4. The molecule has 1 unspecified atom stereocenters. The third-order valence-corrected chi connectivity index (χ3v) is 8.88. The van der Waals surface area contributed by atoms with Crippen molar-refractivity contribution in [2.75, 3.05) is 14.2 Å². The summed E-state index contributed by atoms with van der Waals surface area (Å²) in [4.78, 5) is 56.2. The summed E-state index contributed by atoms with van der Waals surface area (Å²) in [7, 11) is 2.26. The van der Waals surface area contributed by atoms with Crippen LogP contribution in [0.25, 0.3) is 11.1 Å². The number of ketones is 4. The highest BCUT2D eigenvalue weighted by atomic mass is 16.5. The van der Waals surface area contributed by atoms with Crippen LogP contribution in [0.15, 0.2) is 29.3 Å². The first-order chi connectivity index (χ1) is 21.5. The Balaban J connectivity index is 1.76. The van der Waals surface area contributed by atoms with E-state index >= 15 is 0 Å². The number of phenols is 4. The van der Waals surface area contributed by atoms with Gasteiger partial charge < -0.3 is 50.3 Å². The molecule has 6 rings (SSSR count). The maximum atomic E-state index is 14.3. The van der Waals surface area contributed by atoms with E-state index < -0.39 is 115 Å². The minimum Gasteiger partial charge on any atom is -0.507 e. The molecule has 0 radical (unpaired) electrons. The first kappa shape index (κ1) is 30.7. The van der Waals surface area contributed by atoms with E-state index in [0.717, 1.165) is 39.3 Å². The average molecular weight is 635 g/mol. The number of benzene rings is 3. The van der Waals surface area contributed by atoms with Crippen molar-refractivity contribution < 1.29 is 69.5 Å². The van der Waals surface area contributed by atoms with Crippen LogP contribution in [0.1, 0.15) is 65.0 Å². The SMILES string of the molecule is COc1cc(O)c2c(c1-c1c(OC)cc(O)c3c1C(=O)c1cc(C)c(O)c(O)c1C3=O)C(=O)C1=C(C2=O)[C@H](O)[C@@H](O)[C@@](C)(O)C1O. The van der Waals surface area contributed by atoms with E-state index in [1.165, 1.54) is 6.92 Å². The van der Waals surface area contributed by atoms with Crippen molar-refractivity contribution in [3.63, 3.8) is 0 Å². The van der Waals surface area contributed by atoms with Crippen molar-refractivity contribution in [3.05, 3.63) is 68.3 Å². The van der Waals surface area contributed by atoms with Gasteiger partial charge in [-0.1, -0.05) is 0 Å². The third-order valence-electron chi connectivity index (χ3n) is 8.88. The summed E-state index contributed by atoms with van der Waals surface area (Å²) in [5, 5.41) is 86.0. The molecule has 0 fully saturated rings. The van der Waals surface area contributed by atoms with Crippen molar-refractivity contribution in [1.82, 2.24) is 0 Å². The molecule has 0 amide bonds. The lowest BCUT2D eigenvalue weighted by atomic mass is 9.67. The number of hydrogen-bond acceptors (Lipinski definition) is 14. The fourth-order valence-corrected chi connectivity index (χ4v) is 6.49. The molecule has 4 atom stereocenters. The number of aliphatic hydroxyl groups excluding tert-OH is 3. The predicted molar refractivity (Wildman–Crippen MR) is 154 cm³/mol. The molecule has 0 spiro atoms. The Morgan fingerprint density at radius 3 is 1.63 bits per heavy atom. The Kier molecular flexibility index (Phi) is 6.59. The van der Waals surface area contributed by atoms with E-state index in [1.807, 2.05) is 0 Å². The standard InChI is InChI=1S/C32H26O14/c1-8-5-9-14(28(40)23(8)35)25(37)15-10(33)6-12(45-3)17(19(15)24(9)36)18-13(46-4)7-11(34)16-20(18)27(39)22-21(26(16)38)29(41)31(43)32(2,44)30(22)42/h5-7,29-31,33-35,40-44H,1-4H3/t29-,30?,31+,32-/m0/s1. The molecule has 0 aromatic heterocycles. The molecule has 238 valence electrons. The fraction of sp³-hybridized carbons (Fsp3) is 0.250. The molecule has 3 aromatic rings. The van der Waals surface area contributed by atoms with E-state index in [1.54, 1.807) is 0 Å². The highest BCUT2D eigenvalue weighted by Gasteiger charge is 2.56. The lowest BCUT2D eigenvalue weighted by Gasteiger charge is -2.44. The van der Waals surface area contributed by atoms with Crippen LogP contribution in [0.2, 0.25) is 0 Å². The van der Waals surface area contributed by atoms with Crippen molar-refractivity contribution in [2.45, 2.75) is 37.8 Å². The van der Waals surface area contributed by atoms with Crippen molar-refractivity contribution in [1.29, 1.82) is 0 Å². The van der Waals surface area contributed by atoms with Crippen molar-refractivity contribution in [3.8, 4) is 45.6 Å². The second kappa shape index (κ2) is 9.86. The molecular weight excluding hydrogens is 608 g/mol. The van der Waals surface area contributed by atoms with Crippen LogP contribution in [0.4, 0.5) is 0 Å². The zero-order valence-corrected chi connectivity index (χ0v) is 24.5. The second-order valence-corrected chi connectivity index (χ2v) is 11.4. The largest absolute Gasteiger partial charge is 0.507 e. The highest BCUT2D eigenvalue weighted by Crippen LogP contribution is 2.54. The van der Waals surface area contributed by atoms with E-state index in [2.05, 4.69) is 0 Å². The van der Waals surface area contributed by atoms with E-state index in [0.29, 0.717) is 0 Å². The predicted octanol–water partition coefficient (Wildman–Crippen LogP) is 0.800. The topological polar surface area (TPSA) is 249 Å². The second-order valence-electron chi connectivity index (χ2n) is 11.4. The molecule has 3 aliphatic carbocycles. The van der Waals surface area contributed by atoms with Gasteiger partial charge in [0.05, 0.1) is 30.9 Å². The number of carbonyl (C=O) groups is 4. The van der Waals surface area contributed by atoms with Gasteiger partial charge in [-0.15, -0.1) is 0 Å². The fourth-order valence-electron chi connectivity index (χ4n) is 6.49. The number of methoxy groups -OCH3 is 2. The minimum atomic E-state index is -2.53. The number of ether oxygens (including phenoxy) is 2. The lowest BCUT2D eigenvalue weighted by Crippen LogP contribution is -2.61. The highest BCUT2D eigenvalue weighted by molar-refractivity contribution is 6.35. The number of phenolic OH excluding ortho intramolecular Hbond substituents is 4. The Hall–Kier alpha value is -5.28. The van der Waals surface area contributed by atoms with Gasteiger partial charge in [0.25, 0.3) is 0 Å². The number of rotatable bonds is 3. The van der Waals surface area contributed by atoms with Gasteiger partial charge in [-0.2, -0.15) is 0 Å². The number of aromatic hydroxyl groups is 4. The maximum Gasteiger partial charge on any atom is 0.202 e. The van der Waals surface area contributed by atoms with Crippen LogP contribution in [0.3, 0.4) is 0 Å². The van der Waals surface area contributed by atoms with Gasteiger partial charge in [0.1, 0.15) is 46.9 Å². The average Bonchev–Trinajstić information content (AvgIpc) is 3.01. The molecule has 0 bridgehead atoms. The van der Waals surface area contributed by atoms with Crippen molar-refractivity contribution in [2.24, 2.45) is 0 Å².